The van der Waals surface area contributed by atoms with Gasteiger partial charge >= 0.3 is 0 Å². The van der Waals surface area contributed by atoms with Crippen LogP contribution >= 0.6 is 39.1 Å². The average Bonchev–Trinajstić information content (AvgIpc) is 3.11. The highest BCUT2D eigenvalue weighted by atomic mass is 79.9. The molecule has 0 atom stereocenters. The van der Waals surface area contributed by atoms with Crippen LogP contribution in [-0.4, -0.2) is 17.1 Å². The number of hydrogen-bond acceptors (Lipinski definition) is 3. The number of halogens is 3. The number of imidazole rings is 1. The number of fused-ring (bicyclic) bond motifs is 1. The molecule has 0 spiro atoms. The standard InChI is InChI=1S/C22H17BrCl2N2O2/c1-12-3-6-18-19(7-12)27-22(26-18)14-8-16(23)21(20(9-14)28-2)29-11-13-4-5-15(24)10-17(13)25/h3-10H,11H2,1-2H3,(H,26,27). The first kappa shape index (κ1) is 20.1. The van der Waals surface area contributed by atoms with E-state index in [9.17, 15) is 0 Å². The second-order valence-corrected chi connectivity index (χ2v) is 8.32. The number of aromatic amines is 1. The zero-order valence-electron chi connectivity index (χ0n) is 15.7. The summed E-state index contributed by atoms with van der Waals surface area (Å²) in [7, 11) is 1.61. The van der Waals surface area contributed by atoms with E-state index < -0.39 is 0 Å². The Hall–Kier alpha value is -2.21. The lowest BCUT2D eigenvalue weighted by molar-refractivity contribution is 0.283. The Kier molecular flexibility index (Phi) is 5.72. The number of nitrogens with zero attached hydrogens (tertiary/aromatic N) is 1. The summed E-state index contributed by atoms with van der Waals surface area (Å²) in [6.07, 6.45) is 0. The van der Waals surface area contributed by atoms with Crippen LogP contribution in [0.25, 0.3) is 22.4 Å². The van der Waals surface area contributed by atoms with Gasteiger partial charge in [0, 0.05) is 21.2 Å². The number of rotatable bonds is 5. The maximum Gasteiger partial charge on any atom is 0.175 e. The third-order valence-electron chi connectivity index (χ3n) is 4.53. The van der Waals surface area contributed by atoms with Gasteiger partial charge in [-0.1, -0.05) is 35.3 Å². The van der Waals surface area contributed by atoms with Crippen LogP contribution in [0.15, 0.2) is 53.0 Å². The molecule has 0 saturated heterocycles. The fourth-order valence-corrected chi connectivity index (χ4v) is 4.06. The van der Waals surface area contributed by atoms with Crippen molar-refractivity contribution >= 4 is 50.2 Å². The lowest BCUT2D eigenvalue weighted by Gasteiger charge is -2.14. The highest BCUT2D eigenvalue weighted by Crippen LogP contribution is 2.40. The summed E-state index contributed by atoms with van der Waals surface area (Å²) in [4.78, 5) is 8.04. The molecule has 0 aliphatic rings. The summed E-state index contributed by atoms with van der Waals surface area (Å²) in [5, 5.41) is 1.14. The molecule has 148 valence electrons. The van der Waals surface area contributed by atoms with E-state index in [1.807, 2.05) is 30.3 Å². The number of ether oxygens (including phenoxy) is 2. The van der Waals surface area contributed by atoms with Gasteiger partial charge < -0.3 is 14.5 Å². The van der Waals surface area contributed by atoms with Gasteiger partial charge in [0.1, 0.15) is 12.4 Å². The molecule has 4 aromatic rings. The van der Waals surface area contributed by atoms with Crippen molar-refractivity contribution in [3.8, 4) is 22.9 Å². The fraction of sp³-hybridized carbons (Fsp3) is 0.136. The topological polar surface area (TPSA) is 47.1 Å². The van der Waals surface area contributed by atoms with Crippen LogP contribution in [0.5, 0.6) is 11.5 Å². The molecule has 1 N–H and O–H groups in total. The smallest absolute Gasteiger partial charge is 0.175 e. The van der Waals surface area contributed by atoms with Crippen molar-refractivity contribution in [2.75, 3.05) is 7.11 Å². The minimum absolute atomic E-state index is 0.286. The van der Waals surface area contributed by atoms with Crippen LogP contribution in [0.3, 0.4) is 0 Å². The van der Waals surface area contributed by atoms with Gasteiger partial charge in [-0.25, -0.2) is 4.98 Å². The molecule has 0 amide bonds. The Balaban J connectivity index is 1.65. The van der Waals surface area contributed by atoms with Crippen molar-refractivity contribution in [1.29, 1.82) is 0 Å². The maximum atomic E-state index is 6.24. The van der Waals surface area contributed by atoms with Crippen LogP contribution in [-0.2, 0) is 6.61 Å². The van der Waals surface area contributed by atoms with Crippen molar-refractivity contribution < 1.29 is 9.47 Å². The summed E-state index contributed by atoms with van der Waals surface area (Å²) in [5.74, 6) is 1.95. The normalized spacial score (nSPS) is 11.1. The minimum Gasteiger partial charge on any atom is -0.493 e. The molecule has 0 radical (unpaired) electrons. The van der Waals surface area contributed by atoms with Gasteiger partial charge in [0.25, 0.3) is 0 Å². The van der Waals surface area contributed by atoms with Crippen molar-refractivity contribution in [2.45, 2.75) is 13.5 Å². The van der Waals surface area contributed by atoms with Crippen LogP contribution in [0.1, 0.15) is 11.1 Å². The third-order valence-corrected chi connectivity index (χ3v) is 5.70. The fourth-order valence-electron chi connectivity index (χ4n) is 3.05. The number of benzene rings is 3. The molecule has 29 heavy (non-hydrogen) atoms. The van der Waals surface area contributed by atoms with E-state index in [-0.39, 0.29) is 6.61 Å². The Morgan fingerprint density at radius 3 is 2.66 bits per heavy atom. The molecule has 0 saturated carbocycles. The number of aromatic nitrogens is 2. The summed E-state index contributed by atoms with van der Waals surface area (Å²) < 4.78 is 12.3. The van der Waals surface area contributed by atoms with Gasteiger partial charge in [-0.3, -0.25) is 0 Å². The predicted octanol–water partition coefficient (Wildman–Crippen LogP) is 7.20. The van der Waals surface area contributed by atoms with Crippen molar-refractivity contribution in [3.63, 3.8) is 0 Å². The molecule has 3 aromatic carbocycles. The molecule has 0 aliphatic heterocycles. The number of hydrogen-bond donors (Lipinski definition) is 1. The molecule has 0 fully saturated rings. The van der Waals surface area contributed by atoms with Gasteiger partial charge in [0.2, 0.25) is 0 Å². The van der Waals surface area contributed by atoms with E-state index >= 15 is 0 Å². The lowest BCUT2D eigenvalue weighted by atomic mass is 10.2. The lowest BCUT2D eigenvalue weighted by Crippen LogP contribution is -2.00. The Labute approximate surface area is 186 Å². The number of methoxy groups -OCH3 is 1. The summed E-state index contributed by atoms with van der Waals surface area (Å²) >= 11 is 15.8. The molecular formula is C22H17BrCl2N2O2. The predicted molar refractivity (Wildman–Crippen MR) is 121 cm³/mol. The quantitative estimate of drug-likeness (QED) is 0.321. The van der Waals surface area contributed by atoms with E-state index in [1.165, 1.54) is 5.56 Å². The largest absolute Gasteiger partial charge is 0.493 e. The third kappa shape index (κ3) is 4.22. The second kappa shape index (κ2) is 8.27. The summed E-state index contributed by atoms with van der Waals surface area (Å²) in [6.45, 7) is 2.34. The van der Waals surface area contributed by atoms with Crippen LogP contribution in [0.2, 0.25) is 10.0 Å². The van der Waals surface area contributed by atoms with Crippen molar-refractivity contribution in [1.82, 2.24) is 9.97 Å². The zero-order chi connectivity index (χ0) is 20.5. The Morgan fingerprint density at radius 1 is 1.07 bits per heavy atom. The monoisotopic (exact) mass is 490 g/mol. The number of aryl methyl sites for hydroxylation is 1. The highest BCUT2D eigenvalue weighted by Gasteiger charge is 2.16. The van der Waals surface area contributed by atoms with Gasteiger partial charge in [0.05, 0.1) is 22.6 Å². The molecule has 0 unspecified atom stereocenters. The van der Waals surface area contributed by atoms with Crippen LogP contribution in [0, 0.1) is 6.92 Å². The first-order chi connectivity index (χ1) is 13.9. The van der Waals surface area contributed by atoms with E-state index in [0.29, 0.717) is 21.5 Å². The molecule has 1 aromatic heterocycles. The molecule has 1 heterocycles. The zero-order valence-corrected chi connectivity index (χ0v) is 18.8. The van der Waals surface area contributed by atoms with E-state index in [2.05, 4.69) is 38.9 Å². The van der Waals surface area contributed by atoms with E-state index in [1.54, 1.807) is 19.2 Å². The van der Waals surface area contributed by atoms with E-state index in [0.717, 1.165) is 32.5 Å². The Bertz CT molecular complexity index is 1210. The highest BCUT2D eigenvalue weighted by molar-refractivity contribution is 9.10. The molecule has 7 heteroatoms. The first-order valence-electron chi connectivity index (χ1n) is 8.85. The van der Waals surface area contributed by atoms with Crippen LogP contribution in [0.4, 0.5) is 0 Å². The second-order valence-electron chi connectivity index (χ2n) is 6.62. The van der Waals surface area contributed by atoms with Crippen LogP contribution < -0.4 is 9.47 Å². The number of H-pyrrole nitrogens is 1. The van der Waals surface area contributed by atoms with Gasteiger partial charge in [-0.05, 0) is 64.8 Å². The molecular weight excluding hydrogens is 475 g/mol. The molecule has 0 aliphatic carbocycles. The molecule has 4 rings (SSSR count). The Morgan fingerprint density at radius 2 is 1.90 bits per heavy atom. The molecule has 4 nitrogen and oxygen atoms in total. The van der Waals surface area contributed by atoms with Crippen molar-refractivity contribution in [3.05, 3.63) is 74.2 Å². The minimum atomic E-state index is 0.286. The summed E-state index contributed by atoms with van der Waals surface area (Å²) in [5.41, 5.74) is 4.81. The van der Waals surface area contributed by atoms with Gasteiger partial charge in [-0.15, -0.1) is 0 Å². The van der Waals surface area contributed by atoms with E-state index in [4.69, 9.17) is 32.7 Å². The SMILES string of the molecule is COc1cc(-c2nc3ccc(C)cc3[nH]2)cc(Br)c1OCc1ccc(Cl)cc1Cl. The number of nitrogens with one attached hydrogen (secondary N) is 1. The van der Waals surface area contributed by atoms with Gasteiger partial charge in [0.15, 0.2) is 11.5 Å². The first-order valence-corrected chi connectivity index (χ1v) is 10.4. The van der Waals surface area contributed by atoms with Crippen molar-refractivity contribution in [2.24, 2.45) is 0 Å². The molecule has 0 bridgehead atoms. The summed E-state index contributed by atoms with van der Waals surface area (Å²) in [6, 6.07) is 15.3. The van der Waals surface area contributed by atoms with Gasteiger partial charge in [-0.2, -0.15) is 0 Å². The average molecular weight is 492 g/mol. The maximum absolute atomic E-state index is 6.24.